The van der Waals surface area contributed by atoms with E-state index in [1.807, 2.05) is 0 Å². The van der Waals surface area contributed by atoms with Crippen molar-refractivity contribution in [2.45, 2.75) is 60.8 Å². The molecule has 2 unspecified atom stereocenters. The first-order valence-electron chi connectivity index (χ1n) is 7.13. The minimum atomic E-state index is -0.372. The Morgan fingerprint density at radius 1 is 1.21 bits per heavy atom. The SMILES string of the molecule is CC/C(C)=C(/CCC1C(=O)OC(=O)C1C)C(C)(C)C. The average molecular weight is 266 g/mol. The molecule has 19 heavy (non-hydrogen) atoms. The number of carbonyl (C=O) groups excluding carboxylic acids is 2. The van der Waals surface area contributed by atoms with Gasteiger partial charge in [-0.05, 0) is 31.6 Å². The lowest BCUT2D eigenvalue weighted by atomic mass is 9.78. The lowest BCUT2D eigenvalue weighted by Gasteiger charge is -2.27. The van der Waals surface area contributed by atoms with Crippen molar-refractivity contribution >= 4 is 11.9 Å². The number of hydrogen-bond acceptors (Lipinski definition) is 3. The predicted molar refractivity (Wildman–Crippen MR) is 75.4 cm³/mol. The fraction of sp³-hybridized carbons (Fsp3) is 0.750. The van der Waals surface area contributed by atoms with Gasteiger partial charge in [0.05, 0.1) is 11.8 Å². The Bertz CT molecular complexity index is 399. The van der Waals surface area contributed by atoms with Gasteiger partial charge in [0, 0.05) is 0 Å². The van der Waals surface area contributed by atoms with Gasteiger partial charge in [0.15, 0.2) is 0 Å². The second kappa shape index (κ2) is 5.89. The van der Waals surface area contributed by atoms with E-state index in [-0.39, 0.29) is 29.2 Å². The summed E-state index contributed by atoms with van der Waals surface area (Å²) >= 11 is 0. The molecule has 0 radical (unpaired) electrons. The van der Waals surface area contributed by atoms with Crippen molar-refractivity contribution < 1.29 is 14.3 Å². The molecule has 0 aliphatic carbocycles. The molecule has 0 amide bonds. The molecule has 1 rings (SSSR count). The molecule has 3 nitrogen and oxygen atoms in total. The van der Waals surface area contributed by atoms with Gasteiger partial charge in [-0.3, -0.25) is 9.59 Å². The van der Waals surface area contributed by atoms with Crippen molar-refractivity contribution in [2.75, 3.05) is 0 Å². The maximum Gasteiger partial charge on any atom is 0.317 e. The van der Waals surface area contributed by atoms with Gasteiger partial charge in [0.1, 0.15) is 0 Å². The maximum atomic E-state index is 11.6. The van der Waals surface area contributed by atoms with Crippen LogP contribution < -0.4 is 0 Å². The van der Waals surface area contributed by atoms with Crippen molar-refractivity contribution in [1.82, 2.24) is 0 Å². The maximum absolute atomic E-state index is 11.6. The summed E-state index contributed by atoms with van der Waals surface area (Å²) < 4.78 is 4.70. The van der Waals surface area contributed by atoms with Crippen LogP contribution in [-0.4, -0.2) is 11.9 Å². The van der Waals surface area contributed by atoms with Gasteiger partial charge in [-0.1, -0.05) is 45.8 Å². The molecule has 108 valence electrons. The van der Waals surface area contributed by atoms with E-state index < -0.39 is 0 Å². The van der Waals surface area contributed by atoms with Crippen LogP contribution in [0.4, 0.5) is 0 Å². The van der Waals surface area contributed by atoms with E-state index >= 15 is 0 Å². The molecular weight excluding hydrogens is 240 g/mol. The first kappa shape index (κ1) is 15.9. The zero-order valence-corrected chi connectivity index (χ0v) is 13.0. The van der Waals surface area contributed by atoms with E-state index in [2.05, 4.69) is 34.6 Å². The van der Waals surface area contributed by atoms with E-state index in [0.29, 0.717) is 6.42 Å². The van der Waals surface area contributed by atoms with E-state index in [1.54, 1.807) is 6.92 Å². The van der Waals surface area contributed by atoms with Crippen LogP contribution >= 0.6 is 0 Å². The third-order valence-electron chi connectivity index (χ3n) is 4.14. The van der Waals surface area contributed by atoms with Crippen LogP contribution in [-0.2, 0) is 14.3 Å². The lowest BCUT2D eigenvalue weighted by Crippen LogP contribution is -2.18. The zero-order valence-electron chi connectivity index (χ0n) is 13.0. The predicted octanol–water partition coefficient (Wildman–Crippen LogP) is 3.87. The third-order valence-corrected chi connectivity index (χ3v) is 4.14. The summed E-state index contributed by atoms with van der Waals surface area (Å²) in [5, 5.41) is 0. The van der Waals surface area contributed by atoms with Gasteiger partial charge in [0.2, 0.25) is 0 Å². The van der Waals surface area contributed by atoms with Gasteiger partial charge in [0.25, 0.3) is 0 Å². The molecule has 0 aromatic carbocycles. The van der Waals surface area contributed by atoms with Crippen molar-refractivity contribution in [1.29, 1.82) is 0 Å². The largest absolute Gasteiger partial charge is 0.393 e. The van der Waals surface area contributed by atoms with Crippen LogP contribution in [0.3, 0.4) is 0 Å². The normalized spacial score (nSPS) is 25.4. The molecule has 1 heterocycles. The van der Waals surface area contributed by atoms with E-state index in [9.17, 15) is 9.59 Å². The van der Waals surface area contributed by atoms with Crippen LogP contribution in [0, 0.1) is 17.3 Å². The summed E-state index contributed by atoms with van der Waals surface area (Å²) in [5.41, 5.74) is 2.89. The molecule has 0 saturated carbocycles. The fourth-order valence-corrected chi connectivity index (χ4v) is 2.75. The smallest absolute Gasteiger partial charge is 0.317 e. The third kappa shape index (κ3) is 3.68. The van der Waals surface area contributed by atoms with E-state index in [4.69, 9.17) is 4.74 Å². The first-order valence-corrected chi connectivity index (χ1v) is 7.13. The van der Waals surface area contributed by atoms with Gasteiger partial charge in [-0.15, -0.1) is 0 Å². The number of ether oxygens (including phenoxy) is 1. The van der Waals surface area contributed by atoms with Gasteiger partial charge >= 0.3 is 11.9 Å². The van der Waals surface area contributed by atoms with Gasteiger partial charge < -0.3 is 4.74 Å². The molecule has 0 aromatic heterocycles. The summed E-state index contributed by atoms with van der Waals surface area (Å²) in [6, 6.07) is 0. The van der Waals surface area contributed by atoms with E-state index in [1.165, 1.54) is 11.1 Å². The number of allylic oxidation sites excluding steroid dienone is 2. The molecule has 0 N–H and O–H groups in total. The number of carbonyl (C=O) groups is 2. The lowest BCUT2D eigenvalue weighted by molar-refractivity contribution is -0.153. The topological polar surface area (TPSA) is 43.4 Å². The van der Waals surface area contributed by atoms with Gasteiger partial charge in [-0.25, -0.2) is 0 Å². The second-order valence-corrected chi connectivity index (χ2v) is 6.54. The summed E-state index contributed by atoms with van der Waals surface area (Å²) in [7, 11) is 0. The minimum Gasteiger partial charge on any atom is -0.393 e. The zero-order chi connectivity index (χ0) is 14.8. The van der Waals surface area contributed by atoms with Crippen molar-refractivity contribution in [3.8, 4) is 0 Å². The summed E-state index contributed by atoms with van der Waals surface area (Å²) in [5.74, 6) is -1.28. The monoisotopic (exact) mass is 266 g/mol. The van der Waals surface area contributed by atoms with Crippen molar-refractivity contribution in [3.63, 3.8) is 0 Å². The van der Waals surface area contributed by atoms with Crippen LogP contribution in [0.25, 0.3) is 0 Å². The number of cyclic esters (lactones) is 2. The molecule has 1 saturated heterocycles. The average Bonchev–Trinajstić information content (AvgIpc) is 2.53. The van der Waals surface area contributed by atoms with Gasteiger partial charge in [-0.2, -0.15) is 0 Å². The van der Waals surface area contributed by atoms with Crippen molar-refractivity contribution in [3.05, 3.63) is 11.1 Å². The number of hydrogen-bond donors (Lipinski definition) is 0. The Hall–Kier alpha value is -1.12. The Balaban J connectivity index is 2.79. The molecule has 0 bridgehead atoms. The highest BCUT2D eigenvalue weighted by atomic mass is 16.6. The second-order valence-electron chi connectivity index (χ2n) is 6.54. The molecule has 3 heteroatoms. The minimum absolute atomic E-state index is 0.107. The van der Waals surface area contributed by atoms with Crippen LogP contribution in [0.2, 0.25) is 0 Å². The Kier molecular flexibility index (Phi) is 4.94. The summed E-state index contributed by atoms with van der Waals surface area (Å²) in [4.78, 5) is 23.0. The standard InChI is InChI=1S/C16H26O3/c1-7-10(2)13(16(4,5)6)9-8-12-11(3)14(17)19-15(12)18/h11-12H,7-9H2,1-6H3/b13-10-. The van der Waals surface area contributed by atoms with Crippen LogP contribution in [0.15, 0.2) is 11.1 Å². The molecular formula is C16H26O3. The van der Waals surface area contributed by atoms with Crippen LogP contribution in [0.1, 0.15) is 60.8 Å². The Morgan fingerprint density at radius 3 is 2.16 bits per heavy atom. The summed E-state index contributed by atoms with van der Waals surface area (Å²) in [6.45, 7) is 12.7. The Morgan fingerprint density at radius 2 is 1.79 bits per heavy atom. The van der Waals surface area contributed by atoms with Crippen LogP contribution in [0.5, 0.6) is 0 Å². The molecule has 0 aromatic rings. The molecule has 2 atom stereocenters. The number of esters is 2. The molecule has 1 aliphatic heterocycles. The number of rotatable bonds is 4. The quantitative estimate of drug-likeness (QED) is 0.440. The molecule has 0 spiro atoms. The van der Waals surface area contributed by atoms with Crippen molar-refractivity contribution in [2.24, 2.45) is 17.3 Å². The highest BCUT2D eigenvalue weighted by molar-refractivity contribution is 5.96. The molecule has 1 aliphatic rings. The highest BCUT2D eigenvalue weighted by Crippen LogP contribution is 2.36. The molecule has 1 fully saturated rings. The Labute approximate surface area is 116 Å². The first-order chi connectivity index (χ1) is 8.68. The fourth-order valence-electron chi connectivity index (χ4n) is 2.75. The van der Waals surface area contributed by atoms with E-state index in [0.717, 1.165) is 12.8 Å². The highest BCUT2D eigenvalue weighted by Gasteiger charge is 2.41. The summed E-state index contributed by atoms with van der Waals surface area (Å²) in [6.07, 6.45) is 2.59.